The Kier molecular flexibility index (Phi) is 6.42. The van der Waals surface area contributed by atoms with E-state index in [1.165, 1.54) is 0 Å². The number of carbonyl (C=O) groups is 1. The van der Waals surface area contributed by atoms with Crippen molar-refractivity contribution in [2.75, 3.05) is 26.9 Å². The molecule has 5 nitrogen and oxygen atoms in total. The van der Waals surface area contributed by atoms with Gasteiger partial charge in [0.2, 0.25) is 5.91 Å². The molecule has 1 aromatic rings. The zero-order valence-corrected chi connectivity index (χ0v) is 14.1. The topological polar surface area (TPSA) is 67.8 Å². The quantitative estimate of drug-likeness (QED) is 0.729. The standard InChI is InChI=1S/C18H27NO4/c1-12(2)10-23-11-13(20)9-19-18(21)16-8-15(16)14-6-4-5-7-17(14)22-3/h4-7,12-13,15-16,20H,8-11H2,1-3H3,(H,19,21)/t13-,15+,16-/m1/s1. The zero-order valence-electron chi connectivity index (χ0n) is 14.1. The maximum Gasteiger partial charge on any atom is 0.223 e. The minimum atomic E-state index is -0.666. The van der Waals surface area contributed by atoms with E-state index in [1.54, 1.807) is 7.11 Å². The summed E-state index contributed by atoms with van der Waals surface area (Å²) in [5.41, 5.74) is 1.08. The number of para-hydroxylation sites is 1. The maximum atomic E-state index is 12.2. The molecule has 0 heterocycles. The number of amides is 1. The molecular weight excluding hydrogens is 294 g/mol. The van der Waals surface area contributed by atoms with Gasteiger partial charge in [-0.3, -0.25) is 4.79 Å². The second-order valence-corrected chi connectivity index (χ2v) is 6.52. The van der Waals surface area contributed by atoms with Crippen LogP contribution < -0.4 is 10.1 Å². The summed E-state index contributed by atoms with van der Waals surface area (Å²) in [6.45, 7) is 5.20. The fourth-order valence-electron chi connectivity index (χ4n) is 2.65. The Labute approximate surface area is 138 Å². The molecule has 0 unspecified atom stereocenters. The van der Waals surface area contributed by atoms with Crippen LogP contribution in [-0.4, -0.2) is 44.0 Å². The highest BCUT2D eigenvalue weighted by Crippen LogP contribution is 2.50. The van der Waals surface area contributed by atoms with Crippen LogP contribution in [0.25, 0.3) is 0 Å². The molecule has 1 aromatic carbocycles. The third kappa shape index (κ3) is 5.22. The Hall–Kier alpha value is -1.59. The Bertz CT molecular complexity index is 517. The van der Waals surface area contributed by atoms with Crippen LogP contribution in [0.15, 0.2) is 24.3 Å². The highest BCUT2D eigenvalue weighted by atomic mass is 16.5. The number of methoxy groups -OCH3 is 1. The van der Waals surface area contributed by atoms with Crippen LogP contribution in [0.1, 0.15) is 31.7 Å². The molecular formula is C18H27NO4. The van der Waals surface area contributed by atoms with Gasteiger partial charge in [-0.05, 0) is 29.9 Å². The summed E-state index contributed by atoms with van der Waals surface area (Å²) in [5.74, 6) is 1.43. The molecule has 0 aliphatic heterocycles. The van der Waals surface area contributed by atoms with Crippen molar-refractivity contribution in [3.05, 3.63) is 29.8 Å². The predicted molar refractivity (Wildman–Crippen MR) is 88.5 cm³/mol. The van der Waals surface area contributed by atoms with Gasteiger partial charge in [0, 0.05) is 19.1 Å². The summed E-state index contributed by atoms with van der Waals surface area (Å²) in [5, 5.41) is 12.6. The molecule has 0 radical (unpaired) electrons. The van der Waals surface area contributed by atoms with Crippen LogP contribution >= 0.6 is 0 Å². The number of hydrogen-bond acceptors (Lipinski definition) is 4. The number of carbonyl (C=O) groups excluding carboxylic acids is 1. The number of rotatable bonds is 9. The molecule has 1 amide bonds. The highest BCUT2D eigenvalue weighted by molar-refractivity contribution is 5.83. The first-order valence-corrected chi connectivity index (χ1v) is 8.19. The fraction of sp³-hybridized carbons (Fsp3) is 0.611. The van der Waals surface area contributed by atoms with Crippen LogP contribution in [0.5, 0.6) is 5.75 Å². The third-order valence-corrected chi connectivity index (χ3v) is 3.94. The van der Waals surface area contributed by atoms with Crippen molar-refractivity contribution in [3.8, 4) is 5.75 Å². The molecule has 128 valence electrons. The Morgan fingerprint density at radius 1 is 1.35 bits per heavy atom. The normalized spacial score (nSPS) is 21.1. The highest BCUT2D eigenvalue weighted by Gasteiger charge is 2.45. The van der Waals surface area contributed by atoms with Gasteiger partial charge in [-0.15, -0.1) is 0 Å². The average molecular weight is 321 g/mol. The smallest absolute Gasteiger partial charge is 0.223 e. The van der Waals surface area contributed by atoms with Gasteiger partial charge in [0.25, 0.3) is 0 Å². The van der Waals surface area contributed by atoms with E-state index in [1.807, 2.05) is 24.3 Å². The molecule has 1 saturated carbocycles. The molecule has 5 heteroatoms. The summed E-state index contributed by atoms with van der Waals surface area (Å²) >= 11 is 0. The maximum absolute atomic E-state index is 12.2. The lowest BCUT2D eigenvalue weighted by atomic mass is 10.1. The zero-order chi connectivity index (χ0) is 16.8. The Morgan fingerprint density at radius 3 is 2.78 bits per heavy atom. The van der Waals surface area contributed by atoms with Crippen molar-refractivity contribution in [2.45, 2.75) is 32.3 Å². The molecule has 1 aliphatic carbocycles. The number of nitrogens with one attached hydrogen (secondary N) is 1. The molecule has 0 aromatic heterocycles. The lowest BCUT2D eigenvalue weighted by Gasteiger charge is -2.13. The third-order valence-electron chi connectivity index (χ3n) is 3.94. The van der Waals surface area contributed by atoms with Gasteiger partial charge in [0.15, 0.2) is 0 Å². The predicted octanol–water partition coefficient (Wildman–Crippen LogP) is 1.95. The largest absolute Gasteiger partial charge is 0.496 e. The first kappa shape index (κ1) is 17.8. The molecule has 2 rings (SSSR count). The van der Waals surface area contributed by atoms with Crippen LogP contribution in [0.3, 0.4) is 0 Å². The van der Waals surface area contributed by atoms with Crippen molar-refractivity contribution in [1.82, 2.24) is 5.32 Å². The molecule has 0 spiro atoms. The fourth-order valence-corrected chi connectivity index (χ4v) is 2.65. The van der Waals surface area contributed by atoms with E-state index < -0.39 is 6.10 Å². The molecule has 3 atom stereocenters. The minimum absolute atomic E-state index is 0.0104. The second-order valence-electron chi connectivity index (χ2n) is 6.52. The van der Waals surface area contributed by atoms with E-state index in [4.69, 9.17) is 9.47 Å². The second kappa shape index (κ2) is 8.31. The van der Waals surface area contributed by atoms with Gasteiger partial charge in [-0.25, -0.2) is 0 Å². The van der Waals surface area contributed by atoms with Crippen LogP contribution in [0.2, 0.25) is 0 Å². The Morgan fingerprint density at radius 2 is 2.09 bits per heavy atom. The lowest BCUT2D eigenvalue weighted by Crippen LogP contribution is -2.35. The molecule has 23 heavy (non-hydrogen) atoms. The Balaban J connectivity index is 1.73. The van der Waals surface area contributed by atoms with Gasteiger partial charge in [0.05, 0.1) is 19.8 Å². The van der Waals surface area contributed by atoms with E-state index in [2.05, 4.69) is 19.2 Å². The summed E-state index contributed by atoms with van der Waals surface area (Å²) in [4.78, 5) is 12.2. The number of hydrogen-bond donors (Lipinski definition) is 2. The molecule has 2 N–H and O–H groups in total. The van der Waals surface area contributed by atoms with E-state index in [0.717, 1.165) is 17.7 Å². The van der Waals surface area contributed by atoms with E-state index >= 15 is 0 Å². The summed E-state index contributed by atoms with van der Waals surface area (Å²) in [6.07, 6.45) is 0.160. The first-order valence-electron chi connectivity index (χ1n) is 8.19. The van der Waals surface area contributed by atoms with Crippen molar-refractivity contribution in [3.63, 3.8) is 0 Å². The SMILES string of the molecule is COc1ccccc1[C@@H]1C[C@H]1C(=O)NC[C@@H](O)COCC(C)C. The molecule has 0 bridgehead atoms. The molecule has 1 fully saturated rings. The first-order chi connectivity index (χ1) is 11.0. The summed E-state index contributed by atoms with van der Waals surface area (Å²) in [7, 11) is 1.64. The van der Waals surface area contributed by atoms with Crippen LogP contribution in [0, 0.1) is 11.8 Å². The van der Waals surface area contributed by atoms with Crippen molar-refractivity contribution in [1.29, 1.82) is 0 Å². The number of aliphatic hydroxyl groups is 1. The average Bonchev–Trinajstić information content (AvgIpc) is 3.32. The van der Waals surface area contributed by atoms with Gasteiger partial charge < -0.3 is 19.9 Å². The number of ether oxygens (including phenoxy) is 2. The van der Waals surface area contributed by atoms with Gasteiger partial charge in [-0.2, -0.15) is 0 Å². The molecule has 0 saturated heterocycles. The van der Waals surface area contributed by atoms with Crippen molar-refractivity contribution < 1.29 is 19.4 Å². The van der Waals surface area contributed by atoms with E-state index in [0.29, 0.717) is 12.5 Å². The van der Waals surface area contributed by atoms with Gasteiger partial charge in [0.1, 0.15) is 5.75 Å². The van der Waals surface area contributed by atoms with Gasteiger partial charge >= 0.3 is 0 Å². The molecule has 1 aliphatic rings. The van der Waals surface area contributed by atoms with Gasteiger partial charge in [-0.1, -0.05) is 32.0 Å². The number of aliphatic hydroxyl groups excluding tert-OH is 1. The van der Waals surface area contributed by atoms with E-state index in [-0.39, 0.29) is 30.9 Å². The minimum Gasteiger partial charge on any atom is -0.496 e. The van der Waals surface area contributed by atoms with Crippen molar-refractivity contribution >= 4 is 5.91 Å². The van der Waals surface area contributed by atoms with Crippen molar-refractivity contribution in [2.24, 2.45) is 11.8 Å². The lowest BCUT2D eigenvalue weighted by molar-refractivity contribution is -0.123. The summed E-state index contributed by atoms with van der Waals surface area (Å²) < 4.78 is 10.7. The monoisotopic (exact) mass is 321 g/mol. The van der Waals surface area contributed by atoms with Crippen LogP contribution in [-0.2, 0) is 9.53 Å². The number of benzene rings is 1. The summed E-state index contributed by atoms with van der Waals surface area (Å²) in [6, 6.07) is 7.80. The van der Waals surface area contributed by atoms with Crippen LogP contribution in [0.4, 0.5) is 0 Å². The van der Waals surface area contributed by atoms with E-state index in [9.17, 15) is 9.90 Å².